The monoisotopic (exact) mass is 644 g/mol. The van der Waals surface area contributed by atoms with Crippen molar-refractivity contribution < 1.29 is 0 Å². The third-order valence-corrected chi connectivity index (χ3v) is 10.5. The first-order valence-corrected chi connectivity index (χ1v) is 17.7. The fourth-order valence-electron chi connectivity index (χ4n) is 7.87. The lowest BCUT2D eigenvalue weighted by Crippen LogP contribution is -2.12. The lowest BCUT2D eigenvalue weighted by atomic mass is 9.81. The van der Waals surface area contributed by atoms with E-state index in [-0.39, 0.29) is 10.8 Å². The number of fused-ring (bicyclic) bond motifs is 6. The molecule has 0 N–H and O–H groups in total. The largest absolute Gasteiger partial charge is 0.254 e. The Bertz CT molecular complexity index is 2630. The Hall–Kier alpha value is -5.60. The summed E-state index contributed by atoms with van der Waals surface area (Å²) in [4.78, 5) is 9.83. The summed E-state index contributed by atoms with van der Waals surface area (Å²) in [5.41, 5.74) is 17.0. The molecule has 0 radical (unpaired) electrons. The fourth-order valence-corrected chi connectivity index (χ4v) is 7.87. The predicted molar refractivity (Wildman–Crippen MR) is 213 cm³/mol. The van der Waals surface area contributed by atoms with Gasteiger partial charge in [-0.15, -0.1) is 0 Å². The quantitative estimate of drug-likeness (QED) is 0.179. The van der Waals surface area contributed by atoms with Crippen molar-refractivity contribution in [2.45, 2.75) is 52.4 Å². The highest BCUT2D eigenvalue weighted by atomic mass is 14.7. The molecule has 2 aromatic heterocycles. The van der Waals surface area contributed by atoms with Crippen molar-refractivity contribution in [3.63, 3.8) is 0 Å². The summed E-state index contributed by atoms with van der Waals surface area (Å²) in [6, 6.07) is 44.9. The Morgan fingerprint density at radius 3 is 1.64 bits per heavy atom. The van der Waals surface area contributed by atoms with Crippen LogP contribution in [0.15, 0.2) is 134 Å². The highest BCUT2D eigenvalue weighted by Crippen LogP contribution is 2.58. The fraction of sp³-hybridized carbons (Fsp3) is 0.167. The number of nitrogens with zero attached hydrogens (tertiary/aromatic N) is 2. The smallest absolute Gasteiger partial charge is 0.0964 e. The standard InChI is InChI=1S/C48H40N2/c1-47(2,3)35-23-33-24-36(48(4,5)6)26-40-41(33)39(25-35)43-37(29-14-9-7-10-15-29)27-38(42(44(40)43)30-16-11-8-12-17-30)34-22-32-20-19-31-18-13-21-49-45(31)46(32)50-28-34/h7-28H,1-6H3. The zero-order valence-corrected chi connectivity index (χ0v) is 29.6. The molecular formula is C48H40N2. The Morgan fingerprint density at radius 1 is 0.400 bits per heavy atom. The van der Waals surface area contributed by atoms with E-state index in [9.17, 15) is 0 Å². The molecule has 2 nitrogen and oxygen atoms in total. The van der Waals surface area contributed by atoms with Crippen LogP contribution in [0, 0.1) is 0 Å². The summed E-state index contributed by atoms with van der Waals surface area (Å²) >= 11 is 0. The van der Waals surface area contributed by atoms with Gasteiger partial charge in [0.05, 0.1) is 11.0 Å². The van der Waals surface area contributed by atoms with E-state index in [2.05, 4.69) is 163 Å². The van der Waals surface area contributed by atoms with E-state index in [0.717, 1.165) is 27.4 Å². The van der Waals surface area contributed by atoms with E-state index in [1.807, 2.05) is 12.3 Å². The van der Waals surface area contributed by atoms with Crippen molar-refractivity contribution in [1.82, 2.24) is 9.97 Å². The van der Waals surface area contributed by atoms with Gasteiger partial charge in [-0.25, -0.2) is 0 Å². The van der Waals surface area contributed by atoms with Gasteiger partial charge in [0, 0.05) is 28.7 Å². The number of rotatable bonds is 3. The first kappa shape index (κ1) is 30.5. The highest BCUT2D eigenvalue weighted by molar-refractivity contribution is 6.23. The second-order valence-corrected chi connectivity index (χ2v) is 15.9. The molecule has 1 aliphatic carbocycles. The van der Waals surface area contributed by atoms with Crippen LogP contribution in [-0.2, 0) is 10.8 Å². The number of pyridine rings is 2. The Labute approximate surface area is 294 Å². The average molecular weight is 645 g/mol. The van der Waals surface area contributed by atoms with Crippen LogP contribution in [0.3, 0.4) is 0 Å². The van der Waals surface area contributed by atoms with Crippen LogP contribution in [0.4, 0.5) is 0 Å². The average Bonchev–Trinajstić information content (AvgIpc) is 3.45. The van der Waals surface area contributed by atoms with Crippen LogP contribution < -0.4 is 0 Å². The Kier molecular flexibility index (Phi) is 6.67. The zero-order chi connectivity index (χ0) is 34.4. The molecule has 0 spiro atoms. The summed E-state index contributed by atoms with van der Waals surface area (Å²) in [5, 5.41) is 4.85. The molecule has 9 rings (SSSR count). The molecule has 0 amide bonds. The molecule has 2 heteroatoms. The van der Waals surface area contributed by atoms with Gasteiger partial charge in [-0.1, -0.05) is 133 Å². The third-order valence-electron chi connectivity index (χ3n) is 10.5. The first-order chi connectivity index (χ1) is 24.1. The van der Waals surface area contributed by atoms with Crippen LogP contribution in [-0.4, -0.2) is 9.97 Å². The molecule has 0 saturated heterocycles. The van der Waals surface area contributed by atoms with Crippen LogP contribution >= 0.6 is 0 Å². The molecule has 0 fully saturated rings. The van der Waals surface area contributed by atoms with Crippen LogP contribution in [0.2, 0.25) is 0 Å². The molecule has 0 aliphatic heterocycles. The minimum Gasteiger partial charge on any atom is -0.254 e. The normalized spacial score (nSPS) is 12.6. The van der Waals surface area contributed by atoms with E-state index >= 15 is 0 Å². The topological polar surface area (TPSA) is 25.8 Å². The molecule has 242 valence electrons. The van der Waals surface area contributed by atoms with E-state index < -0.39 is 0 Å². The van der Waals surface area contributed by atoms with Crippen LogP contribution in [0.25, 0.3) is 88.2 Å². The molecular weight excluding hydrogens is 605 g/mol. The molecule has 0 atom stereocenters. The van der Waals surface area contributed by atoms with Crippen molar-refractivity contribution in [2.75, 3.05) is 0 Å². The maximum Gasteiger partial charge on any atom is 0.0964 e. The van der Waals surface area contributed by atoms with Gasteiger partial charge >= 0.3 is 0 Å². The Balaban J connectivity index is 1.46. The maximum atomic E-state index is 5.12. The minimum absolute atomic E-state index is 0.00372. The summed E-state index contributed by atoms with van der Waals surface area (Å²) in [6.45, 7) is 14.0. The van der Waals surface area contributed by atoms with Gasteiger partial charge in [-0.3, -0.25) is 9.97 Å². The zero-order valence-electron chi connectivity index (χ0n) is 29.6. The van der Waals surface area contributed by atoms with Gasteiger partial charge in [-0.2, -0.15) is 0 Å². The summed E-state index contributed by atoms with van der Waals surface area (Å²) in [6.07, 6.45) is 3.91. The second kappa shape index (κ2) is 11.0. The lowest BCUT2D eigenvalue weighted by Gasteiger charge is -2.23. The van der Waals surface area contributed by atoms with Crippen molar-refractivity contribution in [3.05, 3.63) is 145 Å². The van der Waals surface area contributed by atoms with Gasteiger partial charge in [0.15, 0.2) is 0 Å². The second-order valence-electron chi connectivity index (χ2n) is 15.9. The first-order valence-electron chi connectivity index (χ1n) is 17.7. The molecule has 0 unspecified atom stereocenters. The van der Waals surface area contributed by atoms with Gasteiger partial charge < -0.3 is 0 Å². The van der Waals surface area contributed by atoms with Crippen LogP contribution in [0.1, 0.15) is 52.7 Å². The minimum atomic E-state index is -0.0167. The number of benzene rings is 6. The lowest BCUT2D eigenvalue weighted by molar-refractivity contribution is 0.589. The van der Waals surface area contributed by atoms with Crippen molar-refractivity contribution in [3.8, 4) is 55.6 Å². The van der Waals surface area contributed by atoms with Gasteiger partial charge in [0.2, 0.25) is 0 Å². The van der Waals surface area contributed by atoms with E-state index in [4.69, 9.17) is 9.97 Å². The molecule has 8 aromatic rings. The SMILES string of the molecule is CC(C)(C)c1cc2c3c(cc(C(C)(C)C)cc3c1)-c1c(-c3ccccc3)c(-c3cnc4c(ccc5cccnc54)c3)cc(-c3ccccc3)c1-2. The van der Waals surface area contributed by atoms with E-state index in [1.54, 1.807) is 0 Å². The molecule has 2 heterocycles. The molecule has 1 aliphatic rings. The van der Waals surface area contributed by atoms with E-state index in [0.29, 0.717) is 0 Å². The molecule has 50 heavy (non-hydrogen) atoms. The predicted octanol–water partition coefficient (Wildman–Crippen LogP) is 13.2. The number of aromatic nitrogens is 2. The van der Waals surface area contributed by atoms with Crippen molar-refractivity contribution >= 4 is 32.6 Å². The summed E-state index contributed by atoms with van der Waals surface area (Å²) in [5.74, 6) is 0. The third kappa shape index (κ3) is 4.77. The van der Waals surface area contributed by atoms with Crippen molar-refractivity contribution in [1.29, 1.82) is 0 Å². The number of hydrogen-bond donors (Lipinski definition) is 0. The van der Waals surface area contributed by atoms with Crippen LogP contribution in [0.5, 0.6) is 0 Å². The number of hydrogen-bond acceptors (Lipinski definition) is 2. The Morgan fingerprint density at radius 2 is 0.980 bits per heavy atom. The van der Waals surface area contributed by atoms with Gasteiger partial charge in [0.1, 0.15) is 0 Å². The molecule has 6 aromatic carbocycles. The molecule has 0 saturated carbocycles. The summed E-state index contributed by atoms with van der Waals surface area (Å²) in [7, 11) is 0. The highest BCUT2D eigenvalue weighted by Gasteiger charge is 2.33. The van der Waals surface area contributed by atoms with Gasteiger partial charge in [0.25, 0.3) is 0 Å². The maximum absolute atomic E-state index is 5.12. The molecule has 0 bridgehead atoms. The van der Waals surface area contributed by atoms with Gasteiger partial charge in [-0.05, 0) is 113 Å². The van der Waals surface area contributed by atoms with Crippen molar-refractivity contribution in [2.24, 2.45) is 0 Å². The van der Waals surface area contributed by atoms with E-state index in [1.165, 1.54) is 72.0 Å². The summed E-state index contributed by atoms with van der Waals surface area (Å²) < 4.78 is 0.